The van der Waals surface area contributed by atoms with Gasteiger partial charge in [0.2, 0.25) is 0 Å². The number of halogens is 1. The summed E-state index contributed by atoms with van der Waals surface area (Å²) < 4.78 is 19.5. The van der Waals surface area contributed by atoms with E-state index in [9.17, 15) is 14.3 Å². The fourth-order valence-corrected chi connectivity index (χ4v) is 3.49. The Labute approximate surface area is 126 Å². The Morgan fingerprint density at radius 2 is 2.24 bits per heavy atom. The first kappa shape index (κ1) is 15.9. The second-order valence-corrected chi connectivity index (χ2v) is 6.02. The molecule has 1 unspecified atom stereocenters. The van der Waals surface area contributed by atoms with Crippen LogP contribution in [0.3, 0.4) is 0 Å². The number of nitrogens with zero attached hydrogens (tertiary/aromatic N) is 1. The Hall–Kier alpha value is -1.50. The zero-order valence-electron chi connectivity index (χ0n) is 12.2. The van der Waals surface area contributed by atoms with Crippen molar-refractivity contribution in [3.63, 3.8) is 0 Å². The lowest BCUT2D eigenvalue weighted by atomic mass is 10.1. The molecule has 0 radical (unpaired) electrons. The summed E-state index contributed by atoms with van der Waals surface area (Å²) in [5.41, 5.74) is 0.645. The Morgan fingerprint density at radius 3 is 2.86 bits per heavy atom. The maximum absolute atomic E-state index is 13.9. The summed E-state index contributed by atoms with van der Waals surface area (Å²) in [4.78, 5) is 14.4. The largest absolute Gasteiger partial charge is 0.389 e. The molecular weight excluding hydrogens is 293 g/mol. The minimum absolute atomic E-state index is 0.164. The van der Waals surface area contributed by atoms with Crippen LogP contribution in [0.15, 0.2) is 18.2 Å². The number of aliphatic hydroxyl groups is 1. The van der Waals surface area contributed by atoms with E-state index in [0.29, 0.717) is 15.8 Å². The molecule has 0 saturated carbocycles. The zero-order valence-corrected chi connectivity index (χ0v) is 13.0. The molecule has 0 fully saturated rings. The lowest BCUT2D eigenvalue weighted by molar-refractivity contribution is 0.0382. The summed E-state index contributed by atoms with van der Waals surface area (Å²) >= 11 is 1.27. The smallest absolute Gasteiger partial charge is 0.264 e. The number of ether oxygens (including phenoxy) is 1. The SMILES string of the molecule is COCC(O)CN(C)C(=O)c1sc2cccc(F)c2c1C. The van der Waals surface area contributed by atoms with Crippen LogP contribution in [0.25, 0.3) is 10.1 Å². The normalized spacial score (nSPS) is 12.6. The number of methoxy groups -OCH3 is 1. The number of thiophene rings is 1. The van der Waals surface area contributed by atoms with E-state index in [4.69, 9.17) is 4.74 Å². The Kier molecular flexibility index (Phi) is 4.92. The molecule has 0 spiro atoms. The standard InChI is InChI=1S/C15H18FNO3S/c1-9-13-11(16)5-4-6-12(13)21-14(9)15(19)17(2)7-10(18)8-20-3/h4-6,10,18H,7-8H2,1-3H3. The summed E-state index contributed by atoms with van der Waals surface area (Å²) in [7, 11) is 3.10. The molecule has 6 heteroatoms. The molecule has 0 bridgehead atoms. The average molecular weight is 311 g/mol. The summed E-state index contributed by atoms with van der Waals surface area (Å²) in [5.74, 6) is -0.536. The van der Waals surface area contributed by atoms with Crippen molar-refractivity contribution >= 4 is 27.3 Å². The van der Waals surface area contributed by atoms with Gasteiger partial charge >= 0.3 is 0 Å². The van der Waals surface area contributed by atoms with Crippen LogP contribution >= 0.6 is 11.3 Å². The number of benzene rings is 1. The molecular formula is C15H18FNO3S. The molecule has 1 aromatic heterocycles. The molecule has 1 atom stereocenters. The molecule has 1 amide bonds. The molecule has 2 rings (SSSR count). The number of aryl methyl sites for hydroxylation is 1. The monoisotopic (exact) mass is 311 g/mol. The molecule has 1 N–H and O–H groups in total. The average Bonchev–Trinajstić information content (AvgIpc) is 2.76. The van der Waals surface area contributed by atoms with Gasteiger partial charge in [0, 0.05) is 30.8 Å². The highest BCUT2D eigenvalue weighted by Gasteiger charge is 2.22. The van der Waals surface area contributed by atoms with Crippen molar-refractivity contribution in [2.75, 3.05) is 27.3 Å². The number of carbonyl (C=O) groups excluding carboxylic acids is 1. The molecule has 1 heterocycles. The summed E-state index contributed by atoms with van der Waals surface area (Å²) in [6.45, 7) is 2.08. The van der Waals surface area contributed by atoms with Crippen LogP contribution in [0.1, 0.15) is 15.2 Å². The van der Waals surface area contributed by atoms with E-state index in [1.54, 1.807) is 26.1 Å². The van der Waals surface area contributed by atoms with Gasteiger partial charge in [-0.2, -0.15) is 0 Å². The molecule has 2 aromatic rings. The van der Waals surface area contributed by atoms with E-state index >= 15 is 0 Å². The van der Waals surface area contributed by atoms with Gasteiger partial charge in [-0.1, -0.05) is 6.07 Å². The van der Waals surface area contributed by atoms with Crippen molar-refractivity contribution in [3.8, 4) is 0 Å². The van der Waals surface area contributed by atoms with Crippen LogP contribution in [0, 0.1) is 12.7 Å². The number of hydrogen-bond acceptors (Lipinski definition) is 4. The number of hydrogen-bond donors (Lipinski definition) is 1. The highest BCUT2D eigenvalue weighted by atomic mass is 32.1. The lowest BCUT2D eigenvalue weighted by Gasteiger charge is -2.20. The fourth-order valence-electron chi connectivity index (χ4n) is 2.27. The Balaban J connectivity index is 2.27. The maximum atomic E-state index is 13.9. The van der Waals surface area contributed by atoms with Crippen molar-refractivity contribution in [1.29, 1.82) is 0 Å². The van der Waals surface area contributed by atoms with Crippen molar-refractivity contribution in [2.24, 2.45) is 0 Å². The second-order valence-electron chi connectivity index (χ2n) is 4.96. The van der Waals surface area contributed by atoms with Crippen molar-refractivity contribution < 1.29 is 19.0 Å². The van der Waals surface area contributed by atoms with Gasteiger partial charge in [-0.05, 0) is 24.6 Å². The molecule has 0 aliphatic rings. The summed E-state index contributed by atoms with van der Waals surface area (Å²) in [6, 6.07) is 4.82. The van der Waals surface area contributed by atoms with Crippen LogP contribution < -0.4 is 0 Å². The van der Waals surface area contributed by atoms with E-state index in [0.717, 1.165) is 4.70 Å². The molecule has 4 nitrogen and oxygen atoms in total. The molecule has 0 aliphatic carbocycles. The number of amides is 1. The van der Waals surface area contributed by atoms with Gasteiger partial charge in [0.25, 0.3) is 5.91 Å². The van der Waals surface area contributed by atoms with Crippen molar-refractivity contribution in [3.05, 3.63) is 34.5 Å². The maximum Gasteiger partial charge on any atom is 0.264 e. The number of rotatable bonds is 5. The highest BCUT2D eigenvalue weighted by molar-refractivity contribution is 7.21. The van der Waals surface area contributed by atoms with Crippen LogP contribution in [0.4, 0.5) is 4.39 Å². The topological polar surface area (TPSA) is 49.8 Å². The van der Waals surface area contributed by atoms with E-state index in [-0.39, 0.29) is 24.9 Å². The van der Waals surface area contributed by atoms with Gasteiger partial charge in [0.05, 0.1) is 17.6 Å². The van der Waals surface area contributed by atoms with E-state index in [2.05, 4.69) is 0 Å². The van der Waals surface area contributed by atoms with Crippen LogP contribution in [0.2, 0.25) is 0 Å². The van der Waals surface area contributed by atoms with E-state index < -0.39 is 6.10 Å². The van der Waals surface area contributed by atoms with Crippen molar-refractivity contribution in [1.82, 2.24) is 4.90 Å². The molecule has 114 valence electrons. The van der Waals surface area contributed by atoms with Gasteiger partial charge in [-0.25, -0.2) is 4.39 Å². The minimum Gasteiger partial charge on any atom is -0.389 e. The predicted octanol–water partition coefficient (Wildman–Crippen LogP) is 2.43. The Morgan fingerprint density at radius 1 is 1.52 bits per heavy atom. The molecule has 21 heavy (non-hydrogen) atoms. The summed E-state index contributed by atoms with van der Waals surface area (Å²) in [6.07, 6.45) is -0.740. The van der Waals surface area contributed by atoms with E-state index in [1.165, 1.54) is 29.4 Å². The van der Waals surface area contributed by atoms with Gasteiger partial charge in [0.1, 0.15) is 5.82 Å². The lowest BCUT2D eigenvalue weighted by Crippen LogP contribution is -2.36. The number of fused-ring (bicyclic) bond motifs is 1. The van der Waals surface area contributed by atoms with Crippen LogP contribution in [-0.4, -0.2) is 49.3 Å². The molecule has 0 aliphatic heterocycles. The first-order valence-electron chi connectivity index (χ1n) is 6.55. The Bertz CT molecular complexity index is 656. The third-order valence-corrected chi connectivity index (χ3v) is 4.53. The number of carbonyl (C=O) groups is 1. The summed E-state index contributed by atoms with van der Waals surface area (Å²) in [5, 5.41) is 10.2. The quantitative estimate of drug-likeness (QED) is 0.922. The second kappa shape index (κ2) is 6.51. The number of aliphatic hydroxyl groups excluding tert-OH is 1. The third-order valence-electron chi connectivity index (χ3n) is 3.29. The third kappa shape index (κ3) is 3.23. The van der Waals surface area contributed by atoms with Gasteiger partial charge in [0.15, 0.2) is 0 Å². The first-order chi connectivity index (χ1) is 9.95. The molecule has 0 saturated heterocycles. The van der Waals surface area contributed by atoms with Crippen LogP contribution in [0.5, 0.6) is 0 Å². The number of likely N-dealkylation sites (N-methyl/N-ethyl adjacent to an activating group) is 1. The predicted molar refractivity (Wildman–Crippen MR) is 81.4 cm³/mol. The zero-order chi connectivity index (χ0) is 15.6. The van der Waals surface area contributed by atoms with Gasteiger partial charge < -0.3 is 14.7 Å². The minimum atomic E-state index is -0.740. The van der Waals surface area contributed by atoms with Gasteiger partial charge in [-0.15, -0.1) is 11.3 Å². The van der Waals surface area contributed by atoms with Gasteiger partial charge in [-0.3, -0.25) is 4.79 Å². The van der Waals surface area contributed by atoms with Crippen molar-refractivity contribution in [2.45, 2.75) is 13.0 Å². The highest BCUT2D eigenvalue weighted by Crippen LogP contribution is 2.33. The fraction of sp³-hybridized carbons (Fsp3) is 0.400. The molecule has 1 aromatic carbocycles. The van der Waals surface area contributed by atoms with Crippen LogP contribution in [-0.2, 0) is 4.74 Å². The first-order valence-corrected chi connectivity index (χ1v) is 7.37. The van der Waals surface area contributed by atoms with E-state index in [1.807, 2.05) is 0 Å².